The fourth-order valence-corrected chi connectivity index (χ4v) is 1.38. The first-order valence-electron chi connectivity index (χ1n) is 4.52. The van der Waals surface area contributed by atoms with Crippen LogP contribution in [-0.2, 0) is 0 Å². The lowest BCUT2D eigenvalue weighted by molar-refractivity contribution is 0.333. The van der Waals surface area contributed by atoms with Gasteiger partial charge >= 0.3 is 0 Å². The van der Waals surface area contributed by atoms with Crippen LogP contribution in [-0.4, -0.2) is 25.9 Å². The van der Waals surface area contributed by atoms with E-state index in [0.29, 0.717) is 0 Å². The summed E-state index contributed by atoms with van der Waals surface area (Å²) in [5.41, 5.74) is -0.413. The van der Waals surface area contributed by atoms with Crippen LogP contribution < -0.4 is 9.47 Å². The minimum atomic E-state index is -1.95. The van der Waals surface area contributed by atoms with Crippen LogP contribution in [0.4, 0.5) is 8.78 Å². The van der Waals surface area contributed by atoms with E-state index in [0.717, 1.165) is 0 Å². The van der Waals surface area contributed by atoms with Crippen molar-refractivity contribution in [3.8, 4) is 11.5 Å². The number of hydrogen-bond acceptors (Lipinski definition) is 3. The van der Waals surface area contributed by atoms with Gasteiger partial charge in [0.25, 0.3) is 6.08 Å². The molecule has 0 aliphatic heterocycles. The van der Waals surface area contributed by atoms with Gasteiger partial charge in [-0.15, -0.1) is 0 Å². The molecule has 0 unspecified atom stereocenters. The van der Waals surface area contributed by atoms with Crippen LogP contribution in [0.5, 0.6) is 11.5 Å². The van der Waals surface area contributed by atoms with E-state index in [1.807, 2.05) is 0 Å². The van der Waals surface area contributed by atoms with E-state index in [2.05, 4.69) is 0 Å². The lowest BCUT2D eigenvalue weighted by atomic mass is 10.1. The third-order valence-electron chi connectivity index (χ3n) is 2.12. The SMILES string of the molecule is COc1cccc(OC)c1C(CO)=C(F)F. The van der Waals surface area contributed by atoms with Gasteiger partial charge in [0.05, 0.1) is 32.0 Å². The van der Waals surface area contributed by atoms with Crippen molar-refractivity contribution in [3.63, 3.8) is 0 Å². The molecule has 0 aliphatic carbocycles. The number of benzene rings is 1. The largest absolute Gasteiger partial charge is 0.496 e. The lowest BCUT2D eigenvalue weighted by Gasteiger charge is -2.13. The number of aliphatic hydroxyl groups excluding tert-OH is 1. The summed E-state index contributed by atoms with van der Waals surface area (Å²) in [4.78, 5) is 0. The summed E-state index contributed by atoms with van der Waals surface area (Å²) in [5, 5.41) is 8.94. The zero-order chi connectivity index (χ0) is 12.1. The summed E-state index contributed by atoms with van der Waals surface area (Å²) in [6.07, 6.45) is -1.95. The second-order valence-corrected chi connectivity index (χ2v) is 2.93. The fraction of sp³-hybridized carbons (Fsp3) is 0.273. The van der Waals surface area contributed by atoms with Gasteiger partial charge in [-0.3, -0.25) is 0 Å². The molecule has 1 aromatic rings. The maximum atomic E-state index is 12.6. The molecule has 0 bridgehead atoms. The molecule has 0 aliphatic rings. The Labute approximate surface area is 91.9 Å². The highest BCUT2D eigenvalue weighted by atomic mass is 19.3. The predicted octanol–water partition coefficient (Wildman–Crippen LogP) is 2.30. The minimum Gasteiger partial charge on any atom is -0.496 e. The summed E-state index contributed by atoms with van der Waals surface area (Å²) in [7, 11) is 2.73. The van der Waals surface area contributed by atoms with Gasteiger partial charge in [-0.2, -0.15) is 8.78 Å². The number of ether oxygens (including phenoxy) is 2. The molecule has 0 atom stereocenters. The highest BCUT2D eigenvalue weighted by Gasteiger charge is 2.18. The van der Waals surface area contributed by atoms with Crippen molar-refractivity contribution in [2.75, 3.05) is 20.8 Å². The average Bonchev–Trinajstić information content (AvgIpc) is 2.29. The van der Waals surface area contributed by atoms with Gasteiger partial charge in [0.1, 0.15) is 11.5 Å². The third kappa shape index (κ3) is 2.30. The van der Waals surface area contributed by atoms with E-state index in [1.165, 1.54) is 26.4 Å². The maximum Gasteiger partial charge on any atom is 0.276 e. The van der Waals surface area contributed by atoms with Gasteiger partial charge in [0.2, 0.25) is 0 Å². The molecule has 0 saturated carbocycles. The van der Waals surface area contributed by atoms with Gasteiger partial charge in [0, 0.05) is 0 Å². The molecule has 0 heterocycles. The topological polar surface area (TPSA) is 38.7 Å². The first-order chi connectivity index (χ1) is 7.65. The summed E-state index contributed by atoms with van der Waals surface area (Å²) in [5.74, 6) is 0.465. The molecule has 1 N–H and O–H groups in total. The number of halogens is 2. The molecular formula is C11H12F2O3. The second kappa shape index (κ2) is 5.46. The van der Waals surface area contributed by atoms with Crippen LogP contribution in [0, 0.1) is 0 Å². The molecule has 88 valence electrons. The fourth-order valence-electron chi connectivity index (χ4n) is 1.38. The molecule has 0 fully saturated rings. The monoisotopic (exact) mass is 230 g/mol. The van der Waals surface area contributed by atoms with Crippen LogP contribution in [0.3, 0.4) is 0 Å². The molecule has 0 saturated heterocycles. The normalized spacial score (nSPS) is 9.81. The first kappa shape index (κ1) is 12.4. The van der Waals surface area contributed by atoms with Crippen molar-refractivity contribution in [3.05, 3.63) is 29.8 Å². The molecule has 3 nitrogen and oxygen atoms in total. The van der Waals surface area contributed by atoms with E-state index in [-0.39, 0.29) is 17.1 Å². The summed E-state index contributed by atoms with van der Waals surface area (Å²) in [6.45, 7) is -0.779. The highest BCUT2D eigenvalue weighted by molar-refractivity contribution is 5.76. The van der Waals surface area contributed by atoms with E-state index in [9.17, 15) is 8.78 Å². The molecule has 5 heteroatoms. The molecule has 0 aromatic heterocycles. The number of hydrogen-bond donors (Lipinski definition) is 1. The third-order valence-corrected chi connectivity index (χ3v) is 2.12. The van der Waals surface area contributed by atoms with Crippen molar-refractivity contribution in [1.82, 2.24) is 0 Å². The molecule has 1 rings (SSSR count). The van der Waals surface area contributed by atoms with E-state index >= 15 is 0 Å². The highest BCUT2D eigenvalue weighted by Crippen LogP contribution is 2.36. The van der Waals surface area contributed by atoms with Crippen LogP contribution in [0.25, 0.3) is 5.57 Å². The Morgan fingerprint density at radius 3 is 2.00 bits per heavy atom. The van der Waals surface area contributed by atoms with Crippen molar-refractivity contribution in [2.45, 2.75) is 0 Å². The second-order valence-electron chi connectivity index (χ2n) is 2.93. The van der Waals surface area contributed by atoms with Crippen molar-refractivity contribution in [1.29, 1.82) is 0 Å². The number of rotatable bonds is 4. The van der Waals surface area contributed by atoms with E-state index < -0.39 is 18.3 Å². The molecule has 0 spiro atoms. The van der Waals surface area contributed by atoms with Gasteiger partial charge in [0.15, 0.2) is 0 Å². The lowest BCUT2D eigenvalue weighted by Crippen LogP contribution is -2.00. The van der Waals surface area contributed by atoms with Gasteiger partial charge in [-0.1, -0.05) is 6.07 Å². The standard InChI is InChI=1S/C11H12F2O3/c1-15-8-4-3-5-9(16-2)10(8)7(6-14)11(12)13/h3-5,14H,6H2,1-2H3. The van der Waals surface area contributed by atoms with Crippen molar-refractivity contribution >= 4 is 5.57 Å². The number of methoxy groups -OCH3 is 2. The minimum absolute atomic E-state index is 0.0787. The molecule has 1 aromatic carbocycles. The summed E-state index contributed by atoms with van der Waals surface area (Å²) >= 11 is 0. The average molecular weight is 230 g/mol. The molecular weight excluding hydrogens is 218 g/mol. The van der Waals surface area contributed by atoms with Crippen molar-refractivity contribution < 1.29 is 23.4 Å². The van der Waals surface area contributed by atoms with Crippen LogP contribution >= 0.6 is 0 Å². The molecule has 0 radical (unpaired) electrons. The Bertz CT molecular complexity index is 376. The van der Waals surface area contributed by atoms with Crippen LogP contribution in [0.2, 0.25) is 0 Å². The quantitative estimate of drug-likeness (QED) is 0.862. The molecule has 0 amide bonds. The van der Waals surface area contributed by atoms with Crippen molar-refractivity contribution in [2.24, 2.45) is 0 Å². The Hall–Kier alpha value is -1.62. The Morgan fingerprint density at radius 1 is 1.19 bits per heavy atom. The summed E-state index contributed by atoms with van der Waals surface area (Å²) < 4.78 is 35.2. The maximum absolute atomic E-state index is 12.6. The smallest absolute Gasteiger partial charge is 0.276 e. The van der Waals surface area contributed by atoms with Crippen LogP contribution in [0.1, 0.15) is 5.56 Å². The molecule has 16 heavy (non-hydrogen) atoms. The Balaban J connectivity index is 3.44. The zero-order valence-electron chi connectivity index (χ0n) is 8.96. The van der Waals surface area contributed by atoms with Gasteiger partial charge in [-0.25, -0.2) is 0 Å². The summed E-state index contributed by atoms with van der Waals surface area (Å²) in [6, 6.07) is 4.67. The van der Waals surface area contributed by atoms with E-state index in [4.69, 9.17) is 14.6 Å². The van der Waals surface area contributed by atoms with Gasteiger partial charge < -0.3 is 14.6 Å². The Kier molecular flexibility index (Phi) is 4.25. The predicted molar refractivity (Wildman–Crippen MR) is 55.8 cm³/mol. The van der Waals surface area contributed by atoms with Crippen LogP contribution in [0.15, 0.2) is 24.3 Å². The Morgan fingerprint density at radius 2 is 1.69 bits per heavy atom. The van der Waals surface area contributed by atoms with Gasteiger partial charge in [-0.05, 0) is 12.1 Å². The van der Waals surface area contributed by atoms with E-state index in [1.54, 1.807) is 6.07 Å². The first-order valence-corrected chi connectivity index (χ1v) is 4.52. The number of aliphatic hydroxyl groups is 1. The zero-order valence-corrected chi connectivity index (χ0v) is 8.96.